The predicted molar refractivity (Wildman–Crippen MR) is 23.8 cm³/mol. The van der Waals surface area contributed by atoms with E-state index >= 15 is 0 Å². The fourth-order valence-corrected chi connectivity index (χ4v) is 0.247. The minimum Gasteiger partial charge on any atom is -0.356 e. The summed E-state index contributed by atoms with van der Waals surface area (Å²) >= 11 is -2.28. The monoisotopic (exact) mass is 126 g/mol. The maximum atomic E-state index is 9.67. The highest BCUT2D eigenvalue weighted by Gasteiger charge is 2.05. The average molecular weight is 126 g/mol. The predicted octanol–water partition coefficient (Wildman–Crippen LogP) is -0.870. The molecular weight excluding hydrogens is 120 g/mol. The van der Waals surface area contributed by atoms with Gasteiger partial charge in [0.25, 0.3) is 5.62 Å². The molecule has 0 spiro atoms. The third-order valence-corrected chi connectivity index (χ3v) is 0.912. The van der Waals surface area contributed by atoms with E-state index in [1.165, 1.54) is 0 Å². The van der Waals surface area contributed by atoms with Crippen LogP contribution in [-0.2, 0) is 15.8 Å². The van der Waals surface area contributed by atoms with E-state index in [-0.39, 0.29) is 0 Å². The summed E-state index contributed by atoms with van der Waals surface area (Å²) in [5, 5.41) is 8.16. The first kappa shape index (κ1) is 7.03. The van der Waals surface area contributed by atoms with Crippen LogP contribution in [0.3, 0.4) is 0 Å². The number of hydrogen-bond donors (Lipinski definition) is 2. The van der Waals surface area contributed by atoms with Gasteiger partial charge in [-0.1, -0.05) is 0 Å². The highest BCUT2D eigenvalue weighted by Crippen LogP contribution is 1.84. The van der Waals surface area contributed by atoms with Gasteiger partial charge in [0.05, 0.1) is 0 Å². The van der Waals surface area contributed by atoms with Gasteiger partial charge in [0.2, 0.25) is 11.1 Å². The number of hydrogen-bond acceptors (Lipinski definition) is 3. The molecule has 44 valence electrons. The first-order chi connectivity index (χ1) is 3.18. The Morgan fingerprint density at radius 3 is 2.29 bits per heavy atom. The van der Waals surface area contributed by atoms with Crippen molar-refractivity contribution in [3.8, 4) is 0 Å². The Balaban J connectivity index is 3.34. The SMILES string of the molecule is COC(O)S(=O)O. The minimum absolute atomic E-state index is 1.14. The van der Waals surface area contributed by atoms with E-state index in [2.05, 4.69) is 4.74 Å². The molecule has 0 aliphatic heterocycles. The molecule has 5 heteroatoms. The summed E-state index contributed by atoms with van der Waals surface area (Å²) in [7, 11) is 1.14. The van der Waals surface area contributed by atoms with Crippen molar-refractivity contribution in [1.82, 2.24) is 0 Å². The van der Waals surface area contributed by atoms with Crippen LogP contribution in [0, 0.1) is 0 Å². The van der Waals surface area contributed by atoms with Crippen molar-refractivity contribution >= 4 is 11.1 Å². The number of aliphatic hydroxyl groups is 1. The van der Waals surface area contributed by atoms with Gasteiger partial charge in [0.1, 0.15) is 0 Å². The highest BCUT2D eigenvalue weighted by atomic mass is 32.2. The lowest BCUT2D eigenvalue weighted by molar-refractivity contribution is -0.00997. The van der Waals surface area contributed by atoms with Crippen LogP contribution in [0.15, 0.2) is 0 Å². The van der Waals surface area contributed by atoms with Gasteiger partial charge in [0.15, 0.2) is 0 Å². The zero-order valence-electron chi connectivity index (χ0n) is 3.70. The Hall–Kier alpha value is 0.0300. The molecule has 0 saturated heterocycles. The molecule has 2 N–H and O–H groups in total. The molecule has 0 heterocycles. The molecule has 0 aromatic rings. The molecule has 0 saturated carbocycles. The van der Waals surface area contributed by atoms with E-state index in [4.69, 9.17) is 9.66 Å². The summed E-state index contributed by atoms with van der Waals surface area (Å²) in [6.07, 6.45) is 0. The van der Waals surface area contributed by atoms with Crippen molar-refractivity contribution in [2.24, 2.45) is 0 Å². The van der Waals surface area contributed by atoms with Crippen molar-refractivity contribution in [1.29, 1.82) is 0 Å². The Morgan fingerprint density at radius 1 is 1.86 bits per heavy atom. The maximum Gasteiger partial charge on any atom is 0.259 e. The number of ether oxygens (including phenoxy) is 1. The van der Waals surface area contributed by atoms with E-state index in [0.29, 0.717) is 0 Å². The largest absolute Gasteiger partial charge is 0.356 e. The Labute approximate surface area is 43.4 Å². The summed E-state index contributed by atoms with van der Waals surface area (Å²) < 4.78 is 21.6. The van der Waals surface area contributed by atoms with E-state index in [9.17, 15) is 4.21 Å². The average Bonchev–Trinajstić information content (AvgIpc) is 1.65. The van der Waals surface area contributed by atoms with Crippen molar-refractivity contribution in [3.05, 3.63) is 0 Å². The zero-order chi connectivity index (χ0) is 5.86. The van der Waals surface area contributed by atoms with Crippen LogP contribution >= 0.6 is 0 Å². The van der Waals surface area contributed by atoms with E-state index in [1.54, 1.807) is 0 Å². The highest BCUT2D eigenvalue weighted by molar-refractivity contribution is 7.79. The van der Waals surface area contributed by atoms with Gasteiger partial charge in [-0.25, -0.2) is 4.21 Å². The van der Waals surface area contributed by atoms with Crippen molar-refractivity contribution in [2.45, 2.75) is 5.62 Å². The van der Waals surface area contributed by atoms with Crippen molar-refractivity contribution in [2.75, 3.05) is 7.11 Å². The van der Waals surface area contributed by atoms with Crippen LogP contribution < -0.4 is 0 Å². The summed E-state index contributed by atoms with van der Waals surface area (Å²) in [5.74, 6) is 0. The maximum absolute atomic E-state index is 9.67. The second kappa shape index (κ2) is 3.09. The topological polar surface area (TPSA) is 66.8 Å². The normalized spacial score (nSPS) is 18.7. The molecule has 2 atom stereocenters. The van der Waals surface area contributed by atoms with Crippen LogP contribution in [0.2, 0.25) is 0 Å². The van der Waals surface area contributed by atoms with Crippen LogP contribution in [0.5, 0.6) is 0 Å². The van der Waals surface area contributed by atoms with E-state index in [0.717, 1.165) is 7.11 Å². The molecule has 2 unspecified atom stereocenters. The lowest BCUT2D eigenvalue weighted by Gasteiger charge is -1.98. The van der Waals surface area contributed by atoms with Gasteiger partial charge in [0, 0.05) is 7.11 Å². The van der Waals surface area contributed by atoms with E-state index < -0.39 is 16.7 Å². The quantitative estimate of drug-likeness (QED) is 0.373. The fraction of sp³-hybridized carbons (Fsp3) is 1.00. The fourth-order valence-electron chi connectivity index (χ4n) is 0.0823. The second-order valence-corrected chi connectivity index (χ2v) is 1.77. The van der Waals surface area contributed by atoms with Gasteiger partial charge >= 0.3 is 0 Å². The molecule has 4 nitrogen and oxygen atoms in total. The van der Waals surface area contributed by atoms with Crippen LogP contribution in [-0.4, -0.2) is 26.6 Å². The Kier molecular flexibility index (Phi) is 3.10. The number of rotatable bonds is 2. The first-order valence-electron chi connectivity index (χ1n) is 1.49. The minimum atomic E-state index is -2.28. The second-order valence-electron chi connectivity index (χ2n) is 0.819. The molecular formula is C2H6O4S. The van der Waals surface area contributed by atoms with Crippen LogP contribution in [0.4, 0.5) is 0 Å². The summed E-state index contributed by atoms with van der Waals surface area (Å²) in [6, 6.07) is 0. The lowest BCUT2D eigenvalue weighted by atomic mass is 11.4. The van der Waals surface area contributed by atoms with Gasteiger partial charge in [-0.2, -0.15) is 0 Å². The molecule has 0 bridgehead atoms. The van der Waals surface area contributed by atoms with Crippen LogP contribution in [0.25, 0.3) is 0 Å². The lowest BCUT2D eigenvalue weighted by Crippen LogP contribution is -2.14. The number of methoxy groups -OCH3 is 1. The summed E-state index contributed by atoms with van der Waals surface area (Å²) in [5.41, 5.74) is -1.57. The van der Waals surface area contributed by atoms with Gasteiger partial charge in [-0.05, 0) is 0 Å². The molecule has 0 rings (SSSR count). The third kappa shape index (κ3) is 2.69. The zero-order valence-corrected chi connectivity index (χ0v) is 4.51. The van der Waals surface area contributed by atoms with Gasteiger partial charge in [-0.15, -0.1) is 0 Å². The Bertz CT molecular complexity index is 72.1. The summed E-state index contributed by atoms with van der Waals surface area (Å²) in [6.45, 7) is 0. The standard InChI is InChI=1S/C2H6O4S/c1-6-2(3)7(4)5/h2-3H,1H3,(H,4,5). The molecule has 0 amide bonds. The molecule has 0 aromatic carbocycles. The third-order valence-electron chi connectivity index (χ3n) is 0.374. The van der Waals surface area contributed by atoms with Gasteiger partial charge in [-0.3, -0.25) is 0 Å². The summed E-state index contributed by atoms with van der Waals surface area (Å²) in [4.78, 5) is 0. The van der Waals surface area contributed by atoms with Gasteiger partial charge < -0.3 is 14.4 Å². The molecule has 7 heavy (non-hydrogen) atoms. The molecule has 0 radical (unpaired) electrons. The molecule has 0 aliphatic rings. The van der Waals surface area contributed by atoms with Crippen LogP contribution in [0.1, 0.15) is 0 Å². The Morgan fingerprint density at radius 2 is 2.29 bits per heavy atom. The van der Waals surface area contributed by atoms with Crippen molar-refractivity contribution < 1.29 is 18.6 Å². The molecule has 0 aromatic heterocycles. The number of aliphatic hydroxyl groups excluding tert-OH is 1. The van der Waals surface area contributed by atoms with Crippen molar-refractivity contribution in [3.63, 3.8) is 0 Å². The first-order valence-corrected chi connectivity index (χ1v) is 2.66. The smallest absolute Gasteiger partial charge is 0.259 e. The van der Waals surface area contributed by atoms with E-state index in [1.807, 2.05) is 0 Å². The molecule has 0 aliphatic carbocycles. The molecule has 0 fully saturated rings.